The van der Waals surface area contributed by atoms with Crippen LogP contribution in [0.1, 0.15) is 18.2 Å². The highest BCUT2D eigenvalue weighted by molar-refractivity contribution is 5.44. The van der Waals surface area contributed by atoms with Crippen LogP contribution in [0.4, 0.5) is 0 Å². The Morgan fingerprint density at radius 2 is 2.36 bits per heavy atom. The number of aromatic nitrogens is 3. The molecule has 5 heteroatoms. The lowest BCUT2D eigenvalue weighted by Crippen LogP contribution is -2.10. The third kappa shape index (κ3) is 1.47. The van der Waals surface area contributed by atoms with E-state index in [1.165, 1.54) is 0 Å². The molecule has 74 valence electrons. The molecule has 0 aliphatic rings. The molecule has 0 spiro atoms. The normalized spacial score (nSPS) is 13.3. The van der Waals surface area contributed by atoms with Crippen LogP contribution < -0.4 is 5.73 Å². The molecule has 2 aromatic rings. The second-order valence-electron chi connectivity index (χ2n) is 3.11. The molecule has 0 bridgehead atoms. The first-order valence-corrected chi connectivity index (χ1v) is 4.50. The van der Waals surface area contributed by atoms with Gasteiger partial charge < -0.3 is 10.8 Å². The summed E-state index contributed by atoms with van der Waals surface area (Å²) in [6.45, 7) is 0.451. The van der Waals surface area contributed by atoms with E-state index < -0.39 is 6.10 Å². The van der Waals surface area contributed by atoms with Gasteiger partial charge in [-0.15, -0.1) is 5.10 Å². The van der Waals surface area contributed by atoms with Crippen LogP contribution in [0.5, 0.6) is 0 Å². The Kier molecular flexibility index (Phi) is 2.43. The van der Waals surface area contributed by atoms with Crippen LogP contribution in [-0.4, -0.2) is 26.5 Å². The van der Waals surface area contributed by atoms with Gasteiger partial charge in [0.2, 0.25) is 0 Å². The number of nitrogens with zero attached hydrogens (tertiary/aromatic N) is 3. The molecule has 0 radical (unpaired) electrons. The summed E-state index contributed by atoms with van der Waals surface area (Å²) in [7, 11) is 0. The zero-order valence-electron chi connectivity index (χ0n) is 7.67. The van der Waals surface area contributed by atoms with Crippen molar-refractivity contribution in [3.8, 4) is 0 Å². The molecule has 0 fully saturated rings. The molecule has 0 aliphatic heterocycles. The van der Waals surface area contributed by atoms with Crippen molar-refractivity contribution in [2.45, 2.75) is 12.5 Å². The summed E-state index contributed by atoms with van der Waals surface area (Å²) in [6.07, 6.45) is 1.60. The molecule has 2 rings (SSSR count). The Labute approximate surface area is 81.2 Å². The summed E-state index contributed by atoms with van der Waals surface area (Å²) in [5, 5.41) is 17.4. The summed E-state index contributed by atoms with van der Waals surface area (Å²) < 4.78 is 1.63. The van der Waals surface area contributed by atoms with Gasteiger partial charge in [0, 0.05) is 0 Å². The predicted molar refractivity (Wildman–Crippen MR) is 51.6 cm³/mol. The van der Waals surface area contributed by atoms with Crippen LogP contribution in [0.15, 0.2) is 24.4 Å². The van der Waals surface area contributed by atoms with E-state index in [0.717, 1.165) is 11.2 Å². The maximum atomic E-state index is 9.77. The first kappa shape index (κ1) is 9.11. The highest BCUT2D eigenvalue weighted by Crippen LogP contribution is 2.16. The maximum absolute atomic E-state index is 9.77. The van der Waals surface area contributed by atoms with Crippen molar-refractivity contribution in [1.82, 2.24) is 14.8 Å². The quantitative estimate of drug-likeness (QED) is 0.723. The minimum absolute atomic E-state index is 0.451. The fourth-order valence-corrected chi connectivity index (χ4v) is 1.43. The molecule has 5 nitrogen and oxygen atoms in total. The van der Waals surface area contributed by atoms with E-state index in [9.17, 15) is 5.11 Å². The number of fused-ring (bicyclic) bond motifs is 1. The van der Waals surface area contributed by atoms with Crippen LogP contribution in [0, 0.1) is 0 Å². The molecule has 0 aromatic carbocycles. The van der Waals surface area contributed by atoms with Gasteiger partial charge in [0.1, 0.15) is 0 Å². The summed E-state index contributed by atoms with van der Waals surface area (Å²) in [5.41, 5.74) is 6.98. The lowest BCUT2D eigenvalue weighted by molar-refractivity contribution is 0.162. The average molecular weight is 192 g/mol. The number of aliphatic hydroxyl groups is 1. The van der Waals surface area contributed by atoms with Crippen molar-refractivity contribution in [2.24, 2.45) is 5.73 Å². The summed E-state index contributed by atoms with van der Waals surface area (Å²) in [6, 6.07) is 5.58. The number of pyridine rings is 1. The smallest absolute Gasteiger partial charge is 0.0973 e. The molecule has 1 atom stereocenters. The molecular weight excluding hydrogens is 180 g/mol. The fraction of sp³-hybridized carbons (Fsp3) is 0.333. The molecule has 2 aromatic heterocycles. The van der Waals surface area contributed by atoms with Crippen molar-refractivity contribution in [1.29, 1.82) is 0 Å². The van der Waals surface area contributed by atoms with Crippen LogP contribution in [0.2, 0.25) is 0 Å². The molecule has 0 saturated carbocycles. The molecule has 3 N–H and O–H groups in total. The molecule has 14 heavy (non-hydrogen) atoms. The van der Waals surface area contributed by atoms with Gasteiger partial charge in [-0.1, -0.05) is 11.3 Å². The third-order valence-electron chi connectivity index (χ3n) is 2.14. The highest BCUT2D eigenvalue weighted by atomic mass is 16.3. The largest absolute Gasteiger partial charge is 0.387 e. The van der Waals surface area contributed by atoms with Crippen molar-refractivity contribution in [3.05, 3.63) is 30.1 Å². The van der Waals surface area contributed by atoms with Crippen LogP contribution in [0.25, 0.3) is 5.52 Å². The van der Waals surface area contributed by atoms with Crippen LogP contribution in [0.3, 0.4) is 0 Å². The minimum atomic E-state index is -0.578. The Bertz CT molecular complexity index is 425. The van der Waals surface area contributed by atoms with Gasteiger partial charge in [-0.2, -0.15) is 0 Å². The summed E-state index contributed by atoms with van der Waals surface area (Å²) in [5.74, 6) is 0. The van der Waals surface area contributed by atoms with Gasteiger partial charge in [0.15, 0.2) is 0 Å². The number of nitrogens with two attached hydrogens (primary N) is 1. The highest BCUT2D eigenvalue weighted by Gasteiger charge is 2.10. The third-order valence-corrected chi connectivity index (χ3v) is 2.14. The fourth-order valence-electron chi connectivity index (χ4n) is 1.43. The van der Waals surface area contributed by atoms with Gasteiger partial charge in [0.05, 0.1) is 23.5 Å². The first-order valence-electron chi connectivity index (χ1n) is 4.50. The van der Waals surface area contributed by atoms with Gasteiger partial charge >= 0.3 is 0 Å². The standard InChI is InChI=1S/C9H12N4O/c10-5-4-9(14)8-3-1-2-7-6-11-12-13(7)8/h1-3,6,9,14H,4-5,10H2. The van der Waals surface area contributed by atoms with E-state index in [0.29, 0.717) is 13.0 Å². The minimum Gasteiger partial charge on any atom is -0.387 e. The summed E-state index contributed by atoms with van der Waals surface area (Å²) >= 11 is 0. The zero-order chi connectivity index (χ0) is 9.97. The molecule has 1 unspecified atom stereocenters. The van der Waals surface area contributed by atoms with Crippen molar-refractivity contribution >= 4 is 5.52 Å². The Morgan fingerprint density at radius 3 is 3.14 bits per heavy atom. The molecule has 0 saturated heterocycles. The Hall–Kier alpha value is -1.46. The van der Waals surface area contributed by atoms with Gasteiger partial charge in [-0.3, -0.25) is 0 Å². The monoisotopic (exact) mass is 192 g/mol. The number of hydrogen-bond donors (Lipinski definition) is 2. The van der Waals surface area contributed by atoms with Crippen molar-refractivity contribution < 1.29 is 5.11 Å². The lowest BCUT2D eigenvalue weighted by Gasteiger charge is -2.10. The Morgan fingerprint density at radius 1 is 1.50 bits per heavy atom. The maximum Gasteiger partial charge on any atom is 0.0973 e. The SMILES string of the molecule is NCCC(O)c1cccc2cnnn12. The Balaban J connectivity index is 2.45. The number of rotatable bonds is 3. The van der Waals surface area contributed by atoms with E-state index in [1.54, 1.807) is 10.7 Å². The molecule has 0 amide bonds. The molecule has 0 aliphatic carbocycles. The first-order chi connectivity index (χ1) is 6.83. The van der Waals surface area contributed by atoms with Crippen molar-refractivity contribution in [2.75, 3.05) is 6.54 Å². The van der Waals surface area contributed by atoms with E-state index >= 15 is 0 Å². The lowest BCUT2D eigenvalue weighted by atomic mass is 10.1. The van der Waals surface area contributed by atoms with E-state index in [-0.39, 0.29) is 0 Å². The second kappa shape index (κ2) is 3.73. The predicted octanol–water partition coefficient (Wildman–Crippen LogP) is 0.112. The van der Waals surface area contributed by atoms with Crippen molar-refractivity contribution in [3.63, 3.8) is 0 Å². The van der Waals surface area contributed by atoms with E-state index in [2.05, 4.69) is 10.3 Å². The van der Waals surface area contributed by atoms with Gasteiger partial charge in [0.25, 0.3) is 0 Å². The topological polar surface area (TPSA) is 76.4 Å². The van der Waals surface area contributed by atoms with Crippen LogP contribution in [-0.2, 0) is 0 Å². The number of aliphatic hydroxyl groups excluding tert-OH is 1. The second-order valence-corrected chi connectivity index (χ2v) is 3.11. The number of hydrogen-bond acceptors (Lipinski definition) is 4. The van der Waals surface area contributed by atoms with E-state index in [4.69, 9.17) is 5.73 Å². The summed E-state index contributed by atoms with van der Waals surface area (Å²) in [4.78, 5) is 0. The molecule has 2 heterocycles. The van der Waals surface area contributed by atoms with Gasteiger partial charge in [-0.25, -0.2) is 4.52 Å². The molecular formula is C9H12N4O. The van der Waals surface area contributed by atoms with E-state index in [1.807, 2.05) is 18.2 Å². The zero-order valence-corrected chi connectivity index (χ0v) is 7.67. The van der Waals surface area contributed by atoms with Crippen LogP contribution >= 0.6 is 0 Å². The average Bonchev–Trinajstić information content (AvgIpc) is 2.65. The van der Waals surface area contributed by atoms with Gasteiger partial charge in [-0.05, 0) is 25.1 Å².